The van der Waals surface area contributed by atoms with E-state index >= 15 is 0 Å². The van der Waals surface area contributed by atoms with Gasteiger partial charge in [-0.3, -0.25) is 4.79 Å². The second kappa shape index (κ2) is 5.26. The number of benzene rings is 1. The minimum atomic E-state index is -0.244. The van der Waals surface area contributed by atoms with Crippen molar-refractivity contribution in [2.45, 2.75) is 6.92 Å². The molecule has 0 aliphatic rings. The first-order valence-corrected chi connectivity index (χ1v) is 6.92. The predicted octanol–water partition coefficient (Wildman–Crippen LogP) is 2.70. The molecule has 1 aromatic carbocycles. The number of H-pyrrole nitrogens is 1. The second-order valence-electron chi connectivity index (χ2n) is 4.30. The fraction of sp³-hybridized carbons (Fsp3) is 0.0714. The molecule has 3 rings (SSSR count). The monoisotopic (exact) mass is 284 g/mol. The van der Waals surface area contributed by atoms with Gasteiger partial charge in [0.25, 0.3) is 5.91 Å². The van der Waals surface area contributed by atoms with Gasteiger partial charge in [0.15, 0.2) is 0 Å². The van der Waals surface area contributed by atoms with Crippen molar-refractivity contribution in [3.63, 3.8) is 0 Å². The predicted molar refractivity (Wildman–Crippen MR) is 80.2 cm³/mol. The SMILES string of the molecule is Cc1ccsc1/C=N/NC(=O)c1ccc2nc[nH]c2c1. The molecular weight excluding hydrogens is 272 g/mol. The van der Waals surface area contributed by atoms with Crippen LogP contribution in [0.5, 0.6) is 0 Å². The van der Waals surface area contributed by atoms with Gasteiger partial charge in [-0.25, -0.2) is 10.4 Å². The number of hydrazone groups is 1. The van der Waals surface area contributed by atoms with Gasteiger partial charge in [0.05, 0.1) is 23.6 Å². The first kappa shape index (κ1) is 12.6. The van der Waals surface area contributed by atoms with Gasteiger partial charge < -0.3 is 4.98 Å². The maximum atomic E-state index is 12.0. The number of imidazole rings is 1. The maximum absolute atomic E-state index is 12.0. The molecule has 0 saturated carbocycles. The highest BCUT2D eigenvalue weighted by molar-refractivity contribution is 7.11. The number of carbonyl (C=O) groups excluding carboxylic acids is 1. The zero-order valence-corrected chi connectivity index (χ0v) is 11.6. The smallest absolute Gasteiger partial charge is 0.271 e. The van der Waals surface area contributed by atoms with E-state index in [0.717, 1.165) is 21.5 Å². The maximum Gasteiger partial charge on any atom is 0.271 e. The number of rotatable bonds is 3. The molecule has 0 radical (unpaired) electrons. The molecule has 0 aliphatic carbocycles. The topological polar surface area (TPSA) is 70.1 Å². The number of hydrogen-bond donors (Lipinski definition) is 2. The van der Waals surface area contributed by atoms with Crippen LogP contribution in [0, 0.1) is 6.92 Å². The fourth-order valence-electron chi connectivity index (χ4n) is 1.81. The van der Waals surface area contributed by atoms with Crippen LogP contribution in [-0.4, -0.2) is 22.1 Å². The summed E-state index contributed by atoms with van der Waals surface area (Å²) in [7, 11) is 0. The van der Waals surface area contributed by atoms with E-state index < -0.39 is 0 Å². The first-order chi connectivity index (χ1) is 9.74. The van der Waals surface area contributed by atoms with Crippen molar-refractivity contribution in [2.24, 2.45) is 5.10 Å². The van der Waals surface area contributed by atoms with Crippen LogP contribution < -0.4 is 5.43 Å². The summed E-state index contributed by atoms with van der Waals surface area (Å²) in [4.78, 5) is 20.1. The zero-order valence-electron chi connectivity index (χ0n) is 10.8. The van der Waals surface area contributed by atoms with Crippen LogP contribution in [0.1, 0.15) is 20.8 Å². The second-order valence-corrected chi connectivity index (χ2v) is 5.25. The first-order valence-electron chi connectivity index (χ1n) is 6.04. The van der Waals surface area contributed by atoms with Crippen LogP contribution in [0.25, 0.3) is 11.0 Å². The van der Waals surface area contributed by atoms with Crippen LogP contribution >= 0.6 is 11.3 Å². The van der Waals surface area contributed by atoms with E-state index in [4.69, 9.17) is 0 Å². The number of nitrogens with zero attached hydrogens (tertiary/aromatic N) is 2. The van der Waals surface area contributed by atoms with E-state index in [2.05, 4.69) is 20.5 Å². The van der Waals surface area contributed by atoms with Crippen molar-refractivity contribution < 1.29 is 4.79 Å². The Hall–Kier alpha value is -2.47. The van der Waals surface area contributed by atoms with Gasteiger partial charge in [-0.2, -0.15) is 5.10 Å². The largest absolute Gasteiger partial charge is 0.345 e. The van der Waals surface area contributed by atoms with Gasteiger partial charge in [0.2, 0.25) is 0 Å². The molecule has 20 heavy (non-hydrogen) atoms. The average molecular weight is 284 g/mol. The summed E-state index contributed by atoms with van der Waals surface area (Å²) in [6.07, 6.45) is 3.26. The van der Waals surface area contributed by atoms with Crippen LogP contribution in [0.15, 0.2) is 41.1 Å². The number of aromatic nitrogens is 2. The lowest BCUT2D eigenvalue weighted by Gasteiger charge is -1.99. The van der Waals surface area contributed by atoms with Crippen molar-refractivity contribution in [2.75, 3.05) is 0 Å². The third kappa shape index (κ3) is 2.46. The van der Waals surface area contributed by atoms with E-state index in [0.29, 0.717) is 5.56 Å². The van der Waals surface area contributed by atoms with E-state index in [1.165, 1.54) is 0 Å². The van der Waals surface area contributed by atoms with Crippen LogP contribution in [0.4, 0.5) is 0 Å². The minimum absolute atomic E-state index is 0.244. The Kier molecular flexibility index (Phi) is 3.30. The molecule has 0 unspecified atom stereocenters. The molecular formula is C14H12N4OS. The summed E-state index contributed by atoms with van der Waals surface area (Å²) < 4.78 is 0. The van der Waals surface area contributed by atoms with E-state index in [9.17, 15) is 4.79 Å². The summed E-state index contributed by atoms with van der Waals surface area (Å²) in [5, 5.41) is 5.97. The molecule has 0 aliphatic heterocycles. The van der Waals surface area contributed by atoms with Crippen LogP contribution in [-0.2, 0) is 0 Å². The summed E-state index contributed by atoms with van der Waals surface area (Å²) in [5.74, 6) is -0.244. The van der Waals surface area contributed by atoms with Gasteiger partial charge in [-0.05, 0) is 42.1 Å². The number of amides is 1. The molecule has 1 amide bonds. The van der Waals surface area contributed by atoms with Gasteiger partial charge >= 0.3 is 0 Å². The van der Waals surface area contributed by atoms with E-state index in [1.807, 2.05) is 18.4 Å². The third-order valence-corrected chi connectivity index (χ3v) is 3.89. The Bertz CT molecular complexity index is 787. The molecule has 3 aromatic rings. The molecule has 0 saturated heterocycles. The lowest BCUT2D eigenvalue weighted by molar-refractivity contribution is 0.0955. The van der Waals surface area contributed by atoms with Crippen molar-refractivity contribution in [1.29, 1.82) is 0 Å². The number of nitrogens with one attached hydrogen (secondary N) is 2. The van der Waals surface area contributed by atoms with Gasteiger partial charge in [0, 0.05) is 10.4 Å². The molecule has 0 bridgehead atoms. The average Bonchev–Trinajstić information content (AvgIpc) is 3.07. The standard InChI is InChI=1S/C14H12N4OS/c1-9-4-5-20-13(9)7-17-18-14(19)10-2-3-11-12(6-10)16-8-15-11/h2-8H,1H3,(H,15,16)(H,18,19)/b17-7+. The molecule has 2 heterocycles. The summed E-state index contributed by atoms with van der Waals surface area (Å²) in [6, 6.07) is 7.29. The number of aryl methyl sites for hydroxylation is 1. The Balaban J connectivity index is 1.72. The summed E-state index contributed by atoms with van der Waals surface area (Å²) >= 11 is 1.59. The molecule has 0 spiro atoms. The number of fused-ring (bicyclic) bond motifs is 1. The highest BCUT2D eigenvalue weighted by Crippen LogP contribution is 2.13. The molecule has 0 fully saturated rings. The van der Waals surface area contributed by atoms with Crippen molar-refractivity contribution >= 4 is 34.5 Å². The quantitative estimate of drug-likeness (QED) is 0.573. The number of thiophene rings is 1. The van der Waals surface area contributed by atoms with Crippen molar-refractivity contribution in [3.05, 3.63) is 52.0 Å². The lowest BCUT2D eigenvalue weighted by atomic mass is 10.2. The molecule has 2 N–H and O–H groups in total. The van der Waals surface area contributed by atoms with Gasteiger partial charge in [-0.1, -0.05) is 0 Å². The summed E-state index contributed by atoms with van der Waals surface area (Å²) in [6.45, 7) is 2.01. The fourth-order valence-corrected chi connectivity index (χ4v) is 2.59. The van der Waals surface area contributed by atoms with Gasteiger partial charge in [-0.15, -0.1) is 11.3 Å². The molecule has 5 nitrogen and oxygen atoms in total. The van der Waals surface area contributed by atoms with E-state index in [-0.39, 0.29) is 5.91 Å². The highest BCUT2D eigenvalue weighted by atomic mass is 32.1. The number of carbonyl (C=O) groups is 1. The van der Waals surface area contributed by atoms with Crippen LogP contribution in [0.2, 0.25) is 0 Å². The Labute approximate surface area is 119 Å². The van der Waals surface area contributed by atoms with Gasteiger partial charge in [0.1, 0.15) is 0 Å². The minimum Gasteiger partial charge on any atom is -0.345 e. The Morgan fingerprint density at radius 2 is 2.35 bits per heavy atom. The molecule has 0 atom stereocenters. The lowest BCUT2D eigenvalue weighted by Crippen LogP contribution is -2.17. The van der Waals surface area contributed by atoms with Crippen LogP contribution in [0.3, 0.4) is 0 Å². The molecule has 100 valence electrons. The normalized spacial score (nSPS) is 11.2. The van der Waals surface area contributed by atoms with Crippen molar-refractivity contribution in [1.82, 2.24) is 15.4 Å². The Morgan fingerprint density at radius 3 is 3.15 bits per heavy atom. The van der Waals surface area contributed by atoms with Crippen molar-refractivity contribution in [3.8, 4) is 0 Å². The Morgan fingerprint density at radius 1 is 1.45 bits per heavy atom. The third-order valence-electron chi connectivity index (χ3n) is 2.93. The molecule has 2 aromatic heterocycles. The zero-order chi connectivity index (χ0) is 13.9. The number of aromatic amines is 1. The van der Waals surface area contributed by atoms with E-state index in [1.54, 1.807) is 42.1 Å². The molecule has 6 heteroatoms. The summed E-state index contributed by atoms with van der Waals surface area (Å²) in [5.41, 5.74) is 5.87. The number of hydrogen-bond acceptors (Lipinski definition) is 4. The highest BCUT2D eigenvalue weighted by Gasteiger charge is 2.06.